The fourth-order valence-electron chi connectivity index (χ4n) is 3.75. The monoisotopic (exact) mass is 336 g/mol. The van der Waals surface area contributed by atoms with Gasteiger partial charge in [-0.05, 0) is 52.8 Å². The Balaban J connectivity index is 1.57. The van der Waals surface area contributed by atoms with Gasteiger partial charge in [-0.3, -0.25) is 0 Å². The van der Waals surface area contributed by atoms with Crippen LogP contribution in [0.3, 0.4) is 0 Å². The Morgan fingerprint density at radius 2 is 1.92 bits per heavy atom. The van der Waals surface area contributed by atoms with Crippen molar-refractivity contribution in [2.45, 2.75) is 31.2 Å². The van der Waals surface area contributed by atoms with Crippen LogP contribution in [-0.2, 0) is 0 Å². The number of fused-ring (bicyclic) bond motifs is 1. The molecule has 0 bridgehead atoms. The van der Waals surface area contributed by atoms with Gasteiger partial charge in [0, 0.05) is 17.9 Å². The predicted octanol–water partition coefficient (Wildman–Crippen LogP) is 3.30. The van der Waals surface area contributed by atoms with Gasteiger partial charge in [-0.1, -0.05) is 42.5 Å². The lowest BCUT2D eigenvalue weighted by molar-refractivity contribution is -0.315. The van der Waals surface area contributed by atoms with Crippen molar-refractivity contribution < 1.29 is 20.4 Å². The van der Waals surface area contributed by atoms with E-state index in [2.05, 4.69) is 18.2 Å². The van der Waals surface area contributed by atoms with Gasteiger partial charge in [0.25, 0.3) is 5.97 Å². The summed E-state index contributed by atoms with van der Waals surface area (Å²) in [4.78, 5) is 0. The lowest BCUT2D eigenvalue weighted by Gasteiger charge is -2.19. The molecule has 4 heteroatoms. The minimum absolute atomic E-state index is 0.148. The maximum atomic E-state index is 9.91. The Hall–Kier alpha value is -2.40. The zero-order chi connectivity index (χ0) is 17.6. The Morgan fingerprint density at radius 3 is 2.64 bits per heavy atom. The molecule has 0 amide bonds. The lowest BCUT2D eigenvalue weighted by atomic mass is 9.93. The van der Waals surface area contributed by atoms with Crippen molar-refractivity contribution in [2.24, 2.45) is 0 Å². The third-order valence-electron chi connectivity index (χ3n) is 4.99. The van der Waals surface area contributed by atoms with E-state index in [1.165, 1.54) is 5.57 Å². The zero-order valence-corrected chi connectivity index (χ0v) is 13.7. The molecule has 128 valence electrons. The van der Waals surface area contributed by atoms with Crippen LogP contribution in [0.5, 0.6) is 0 Å². The van der Waals surface area contributed by atoms with E-state index in [1.807, 2.05) is 30.4 Å². The van der Waals surface area contributed by atoms with Crippen molar-refractivity contribution in [2.75, 3.05) is 0 Å². The highest BCUT2D eigenvalue weighted by Gasteiger charge is 2.28. The SMILES string of the molecule is OC1=C(C2=CCC(c3ccc4c(c3)C=CC4CC(O)(O)O)=C2)CC=C1. The molecule has 0 aliphatic heterocycles. The highest BCUT2D eigenvalue weighted by Crippen LogP contribution is 2.39. The van der Waals surface area contributed by atoms with Crippen molar-refractivity contribution in [3.63, 3.8) is 0 Å². The first kappa shape index (κ1) is 16.1. The van der Waals surface area contributed by atoms with Crippen molar-refractivity contribution >= 4 is 11.6 Å². The number of benzene rings is 1. The Morgan fingerprint density at radius 1 is 1.08 bits per heavy atom. The standard InChI is InChI=1S/C21H20O4/c22-20-3-1-2-19(20)16-5-4-13(11-16)14-8-9-18-15(10-14)6-7-17(18)12-21(23,24)25/h1,3,5-11,17,22-25H,2,4,12H2. The van der Waals surface area contributed by atoms with E-state index in [-0.39, 0.29) is 12.3 Å². The van der Waals surface area contributed by atoms with Gasteiger partial charge >= 0.3 is 0 Å². The fourth-order valence-corrected chi connectivity index (χ4v) is 3.75. The number of hydrogen-bond acceptors (Lipinski definition) is 4. The van der Waals surface area contributed by atoms with E-state index in [4.69, 9.17) is 0 Å². The second kappa shape index (κ2) is 5.85. The van der Waals surface area contributed by atoms with Crippen LogP contribution in [0.2, 0.25) is 0 Å². The molecule has 0 fully saturated rings. The summed E-state index contributed by atoms with van der Waals surface area (Å²) >= 11 is 0. The molecule has 0 spiro atoms. The smallest absolute Gasteiger partial charge is 0.276 e. The van der Waals surface area contributed by atoms with Crippen molar-refractivity contribution in [3.8, 4) is 0 Å². The first-order valence-corrected chi connectivity index (χ1v) is 8.40. The summed E-state index contributed by atoms with van der Waals surface area (Å²) in [6, 6.07) is 6.09. The highest BCUT2D eigenvalue weighted by atomic mass is 16.7. The number of allylic oxidation sites excluding steroid dienone is 8. The van der Waals surface area contributed by atoms with Gasteiger partial charge in [0.1, 0.15) is 5.76 Å². The van der Waals surface area contributed by atoms with E-state index in [0.717, 1.165) is 40.7 Å². The number of aliphatic hydroxyl groups is 4. The van der Waals surface area contributed by atoms with Gasteiger partial charge in [0.15, 0.2) is 0 Å². The molecule has 1 unspecified atom stereocenters. The summed E-state index contributed by atoms with van der Waals surface area (Å²) in [7, 11) is 0. The summed E-state index contributed by atoms with van der Waals surface area (Å²) in [5.74, 6) is -2.52. The van der Waals surface area contributed by atoms with Crippen LogP contribution >= 0.6 is 0 Å². The van der Waals surface area contributed by atoms with E-state index in [1.54, 1.807) is 6.08 Å². The third kappa shape index (κ3) is 3.12. The highest BCUT2D eigenvalue weighted by molar-refractivity contribution is 5.78. The molecule has 4 N–H and O–H groups in total. The number of rotatable bonds is 4. The van der Waals surface area contributed by atoms with Crippen LogP contribution < -0.4 is 0 Å². The van der Waals surface area contributed by atoms with Gasteiger partial charge < -0.3 is 20.4 Å². The van der Waals surface area contributed by atoms with E-state index < -0.39 is 5.97 Å². The molecule has 4 nitrogen and oxygen atoms in total. The van der Waals surface area contributed by atoms with Crippen LogP contribution in [-0.4, -0.2) is 26.4 Å². The van der Waals surface area contributed by atoms with Gasteiger partial charge in [-0.2, -0.15) is 0 Å². The molecular weight excluding hydrogens is 316 g/mol. The van der Waals surface area contributed by atoms with E-state index in [9.17, 15) is 20.4 Å². The molecule has 0 saturated carbocycles. The maximum absolute atomic E-state index is 9.91. The molecule has 3 aliphatic carbocycles. The summed E-state index contributed by atoms with van der Waals surface area (Å²) in [6.07, 6.45) is 13.2. The van der Waals surface area contributed by atoms with Crippen molar-refractivity contribution in [3.05, 3.63) is 82.2 Å². The average Bonchev–Trinajstić information content (AvgIpc) is 3.25. The van der Waals surface area contributed by atoms with Crippen molar-refractivity contribution in [1.29, 1.82) is 0 Å². The second-order valence-electron chi connectivity index (χ2n) is 6.79. The summed E-state index contributed by atoms with van der Waals surface area (Å²) < 4.78 is 0. The molecule has 0 radical (unpaired) electrons. The van der Waals surface area contributed by atoms with Crippen LogP contribution in [0.15, 0.2) is 65.5 Å². The minimum Gasteiger partial charge on any atom is -0.508 e. The van der Waals surface area contributed by atoms with Gasteiger partial charge in [0.2, 0.25) is 0 Å². The first-order valence-electron chi connectivity index (χ1n) is 8.40. The summed E-state index contributed by atoms with van der Waals surface area (Å²) in [5, 5.41) is 37.6. The number of hydrogen-bond donors (Lipinski definition) is 4. The molecule has 1 atom stereocenters. The van der Waals surface area contributed by atoms with Crippen LogP contribution in [0, 0.1) is 0 Å². The Labute approximate surface area is 146 Å². The first-order chi connectivity index (χ1) is 11.9. The Bertz CT molecular complexity index is 876. The minimum atomic E-state index is -2.66. The van der Waals surface area contributed by atoms with E-state index in [0.29, 0.717) is 5.76 Å². The molecule has 3 aliphatic rings. The molecule has 1 aromatic carbocycles. The van der Waals surface area contributed by atoms with Crippen LogP contribution in [0.25, 0.3) is 11.6 Å². The van der Waals surface area contributed by atoms with Gasteiger partial charge in [-0.25, -0.2) is 0 Å². The normalized spacial score (nSPS) is 21.8. The largest absolute Gasteiger partial charge is 0.508 e. The molecule has 4 rings (SSSR count). The quantitative estimate of drug-likeness (QED) is 0.636. The molecule has 0 heterocycles. The van der Waals surface area contributed by atoms with Crippen LogP contribution in [0.1, 0.15) is 41.9 Å². The molecular formula is C21H20O4. The molecule has 25 heavy (non-hydrogen) atoms. The third-order valence-corrected chi connectivity index (χ3v) is 4.99. The molecule has 1 aromatic rings. The topological polar surface area (TPSA) is 80.9 Å². The molecule has 0 saturated heterocycles. The summed E-state index contributed by atoms with van der Waals surface area (Å²) in [6.45, 7) is 0. The van der Waals surface area contributed by atoms with Crippen molar-refractivity contribution in [1.82, 2.24) is 0 Å². The lowest BCUT2D eigenvalue weighted by Crippen LogP contribution is -2.28. The fraction of sp³-hybridized carbons (Fsp3) is 0.238. The second-order valence-corrected chi connectivity index (χ2v) is 6.79. The zero-order valence-electron chi connectivity index (χ0n) is 13.7. The van der Waals surface area contributed by atoms with E-state index >= 15 is 0 Å². The predicted molar refractivity (Wildman–Crippen MR) is 96.3 cm³/mol. The number of aliphatic hydroxyl groups excluding tert-OH is 1. The maximum Gasteiger partial charge on any atom is 0.276 e. The molecule has 0 aromatic heterocycles. The van der Waals surface area contributed by atoms with Gasteiger partial charge in [-0.15, -0.1) is 0 Å². The average molecular weight is 336 g/mol. The summed E-state index contributed by atoms with van der Waals surface area (Å²) in [5.41, 5.74) is 6.38. The van der Waals surface area contributed by atoms with Gasteiger partial charge in [0.05, 0.1) is 0 Å². The van der Waals surface area contributed by atoms with Crippen LogP contribution in [0.4, 0.5) is 0 Å². The Kier molecular flexibility index (Phi) is 3.76.